The van der Waals surface area contributed by atoms with Gasteiger partial charge in [0, 0.05) is 0 Å². The van der Waals surface area contributed by atoms with Gasteiger partial charge < -0.3 is 1.43 Å². The van der Waals surface area contributed by atoms with Crippen LogP contribution in [0, 0.1) is 11.8 Å². The molecule has 0 radical (unpaired) electrons. The third-order valence-electron chi connectivity index (χ3n) is 3.28. The Balaban J connectivity index is -0.00000162. The van der Waals surface area contributed by atoms with E-state index in [1.54, 1.807) is 0 Å². The molecular formula is C16H35NaO2P+. The fraction of sp³-hybridized carbons (Fsp3) is 1.00. The molecule has 0 saturated carbocycles. The van der Waals surface area contributed by atoms with Gasteiger partial charge in [0.25, 0.3) is 0 Å². The smallest absolute Gasteiger partial charge is 1.00 e. The van der Waals surface area contributed by atoms with Crippen LogP contribution in [0.15, 0.2) is 0 Å². The molecule has 0 saturated heterocycles. The van der Waals surface area contributed by atoms with E-state index in [1.165, 1.54) is 38.5 Å². The quantitative estimate of drug-likeness (QED) is 0.296. The van der Waals surface area contributed by atoms with E-state index in [9.17, 15) is 4.57 Å². The van der Waals surface area contributed by atoms with E-state index in [2.05, 4.69) is 27.7 Å². The topological polar surface area (TPSA) is 26.3 Å². The Morgan fingerprint density at radius 2 is 1.35 bits per heavy atom. The van der Waals surface area contributed by atoms with Crippen molar-refractivity contribution in [2.75, 3.05) is 12.8 Å². The minimum absolute atomic E-state index is 0. The van der Waals surface area contributed by atoms with E-state index in [-0.39, 0.29) is 31.0 Å². The Labute approximate surface area is 151 Å². The Bertz CT molecular complexity index is 226. The molecule has 0 aromatic heterocycles. The van der Waals surface area contributed by atoms with E-state index >= 15 is 0 Å². The summed E-state index contributed by atoms with van der Waals surface area (Å²) in [5, 5.41) is 0. The average molecular weight is 313 g/mol. The Hall–Kier alpha value is 1.06. The number of unbranched alkanes of at least 4 members (excludes halogenated alkanes) is 4. The third kappa shape index (κ3) is 19.1. The van der Waals surface area contributed by atoms with Crippen molar-refractivity contribution in [3.05, 3.63) is 0 Å². The SMILES string of the molecule is CC(C)CCCCCO[P+](=O)CCCCCC(C)C.[H-].[Na+]. The molecular weight excluding hydrogens is 278 g/mol. The second kappa shape index (κ2) is 16.4. The molecule has 1 atom stereocenters. The maximum absolute atomic E-state index is 11.6. The first-order valence-electron chi connectivity index (χ1n) is 8.10. The van der Waals surface area contributed by atoms with Crippen molar-refractivity contribution in [3.8, 4) is 0 Å². The van der Waals surface area contributed by atoms with Crippen LogP contribution < -0.4 is 29.6 Å². The first kappa shape index (κ1) is 23.3. The summed E-state index contributed by atoms with van der Waals surface area (Å²) in [7, 11) is -1.40. The van der Waals surface area contributed by atoms with Gasteiger partial charge in [-0.25, -0.2) is 0 Å². The summed E-state index contributed by atoms with van der Waals surface area (Å²) in [6, 6.07) is 0. The maximum Gasteiger partial charge on any atom is 1.00 e. The molecule has 4 heteroatoms. The van der Waals surface area contributed by atoms with Gasteiger partial charge in [-0.15, -0.1) is 4.52 Å². The van der Waals surface area contributed by atoms with Gasteiger partial charge in [-0.2, -0.15) is 0 Å². The Kier molecular flexibility index (Phi) is 19.2. The monoisotopic (exact) mass is 313 g/mol. The fourth-order valence-electron chi connectivity index (χ4n) is 2.03. The summed E-state index contributed by atoms with van der Waals surface area (Å²) in [5.41, 5.74) is 0. The predicted octanol–water partition coefficient (Wildman–Crippen LogP) is 3.29. The summed E-state index contributed by atoms with van der Waals surface area (Å²) < 4.78 is 17.0. The summed E-state index contributed by atoms with van der Waals surface area (Å²) in [4.78, 5) is 0. The van der Waals surface area contributed by atoms with Crippen molar-refractivity contribution in [3.63, 3.8) is 0 Å². The van der Waals surface area contributed by atoms with Crippen LogP contribution in [0.3, 0.4) is 0 Å². The second-order valence-electron chi connectivity index (χ2n) is 6.38. The van der Waals surface area contributed by atoms with Gasteiger partial charge in [-0.05, 0) is 35.7 Å². The van der Waals surface area contributed by atoms with E-state index in [1.807, 2.05) is 0 Å². The molecule has 0 bridgehead atoms. The van der Waals surface area contributed by atoms with Crippen molar-refractivity contribution < 1.29 is 40.1 Å². The van der Waals surface area contributed by atoms with E-state index < -0.39 is 8.03 Å². The third-order valence-corrected chi connectivity index (χ3v) is 4.44. The summed E-state index contributed by atoms with van der Waals surface area (Å²) in [6.45, 7) is 9.70. The molecule has 0 aliphatic carbocycles. The van der Waals surface area contributed by atoms with Gasteiger partial charge in [-0.1, -0.05) is 59.8 Å². The van der Waals surface area contributed by atoms with Crippen LogP contribution in [0.5, 0.6) is 0 Å². The largest absolute Gasteiger partial charge is 1.00 e. The van der Waals surface area contributed by atoms with Crippen molar-refractivity contribution in [2.45, 2.75) is 79.1 Å². The molecule has 1 unspecified atom stereocenters. The maximum atomic E-state index is 11.6. The average Bonchev–Trinajstić information content (AvgIpc) is 2.32. The van der Waals surface area contributed by atoms with Crippen LogP contribution in [-0.2, 0) is 9.09 Å². The van der Waals surface area contributed by atoms with Gasteiger partial charge in [-0.3, -0.25) is 0 Å². The summed E-state index contributed by atoms with van der Waals surface area (Å²) in [6.07, 6.45) is 10.4. The van der Waals surface area contributed by atoms with Gasteiger partial charge in [0.15, 0.2) is 6.16 Å². The molecule has 0 amide bonds. The normalized spacial score (nSPS) is 11.8. The standard InChI is InChI=1S/C16H34O2P.Na.H/c1-15(2)11-7-5-9-13-18-19(17)14-10-6-8-12-16(3)4;;/h15-16H,5-14H2,1-4H3;;/q2*+1;-1. The predicted molar refractivity (Wildman–Crippen MR) is 86.1 cm³/mol. The second-order valence-corrected chi connectivity index (χ2v) is 7.75. The zero-order valence-corrected chi connectivity index (χ0v) is 17.4. The molecule has 0 aromatic rings. The molecule has 0 rings (SSSR count). The molecule has 2 nitrogen and oxygen atoms in total. The number of hydrogen-bond donors (Lipinski definition) is 0. The van der Waals surface area contributed by atoms with E-state index in [0.29, 0.717) is 6.61 Å². The van der Waals surface area contributed by atoms with Crippen molar-refractivity contribution >= 4 is 8.03 Å². The van der Waals surface area contributed by atoms with Gasteiger partial charge in [0.05, 0.1) is 0 Å². The van der Waals surface area contributed by atoms with Crippen molar-refractivity contribution in [1.82, 2.24) is 0 Å². The van der Waals surface area contributed by atoms with Gasteiger partial charge in [0.2, 0.25) is 0 Å². The molecule has 0 aliphatic rings. The molecule has 0 spiro atoms. The van der Waals surface area contributed by atoms with E-state index in [0.717, 1.165) is 30.8 Å². The molecule has 0 aliphatic heterocycles. The van der Waals surface area contributed by atoms with E-state index in [4.69, 9.17) is 4.52 Å². The van der Waals surface area contributed by atoms with Crippen LogP contribution in [0.1, 0.15) is 80.5 Å². The molecule has 0 N–H and O–H groups in total. The van der Waals surface area contributed by atoms with Crippen LogP contribution in [0.25, 0.3) is 0 Å². The summed E-state index contributed by atoms with van der Waals surface area (Å²) >= 11 is 0. The van der Waals surface area contributed by atoms with Gasteiger partial charge >= 0.3 is 37.6 Å². The Morgan fingerprint density at radius 3 is 1.85 bits per heavy atom. The van der Waals surface area contributed by atoms with Gasteiger partial charge in [0.1, 0.15) is 6.61 Å². The molecule has 0 fully saturated rings. The zero-order chi connectivity index (χ0) is 14.5. The van der Waals surface area contributed by atoms with Crippen LogP contribution in [-0.4, -0.2) is 12.8 Å². The molecule has 0 aromatic carbocycles. The van der Waals surface area contributed by atoms with Crippen LogP contribution in [0.2, 0.25) is 0 Å². The number of rotatable bonds is 13. The first-order valence-corrected chi connectivity index (χ1v) is 9.46. The van der Waals surface area contributed by atoms with Crippen LogP contribution >= 0.6 is 8.03 Å². The van der Waals surface area contributed by atoms with Crippen molar-refractivity contribution in [1.29, 1.82) is 0 Å². The molecule has 116 valence electrons. The fourth-order valence-corrected chi connectivity index (χ4v) is 2.98. The summed E-state index contributed by atoms with van der Waals surface area (Å²) in [5.74, 6) is 1.58. The van der Waals surface area contributed by atoms with Crippen LogP contribution in [0.4, 0.5) is 0 Å². The minimum Gasteiger partial charge on any atom is -1.00 e. The Morgan fingerprint density at radius 1 is 0.850 bits per heavy atom. The minimum atomic E-state index is -1.40. The molecule has 0 heterocycles. The van der Waals surface area contributed by atoms with Crippen molar-refractivity contribution in [2.24, 2.45) is 11.8 Å². The first-order chi connectivity index (χ1) is 9.02. The number of hydrogen-bond acceptors (Lipinski definition) is 2. The molecule has 20 heavy (non-hydrogen) atoms. The zero-order valence-electron chi connectivity index (χ0n) is 15.5.